The maximum absolute atomic E-state index is 11.5. The van der Waals surface area contributed by atoms with Gasteiger partial charge in [-0.2, -0.15) is 0 Å². The number of allylic oxidation sites excluding steroid dienone is 1. The molecule has 208 valence electrons. The quantitative estimate of drug-likeness (QED) is 0.265. The average Bonchev–Trinajstić information content (AvgIpc) is 3.28. The maximum atomic E-state index is 11.5. The molecule has 0 N–H and O–H groups in total. The molecular formula is C34H51N3O. The van der Waals surface area contributed by atoms with Crippen molar-refractivity contribution < 1.29 is 4.79 Å². The molecule has 0 radical (unpaired) electrons. The molecule has 0 aliphatic carbocycles. The first-order valence-corrected chi connectivity index (χ1v) is 14.8. The van der Waals surface area contributed by atoms with Crippen LogP contribution in [0.3, 0.4) is 0 Å². The summed E-state index contributed by atoms with van der Waals surface area (Å²) in [4.78, 5) is 15.8. The van der Waals surface area contributed by atoms with Gasteiger partial charge < -0.3 is 9.47 Å². The Bertz CT molecular complexity index is 1110. The van der Waals surface area contributed by atoms with Crippen LogP contribution in [0.15, 0.2) is 54.7 Å². The Morgan fingerprint density at radius 3 is 2.13 bits per heavy atom. The first-order valence-electron chi connectivity index (χ1n) is 14.8. The van der Waals surface area contributed by atoms with Crippen molar-refractivity contribution in [1.29, 1.82) is 0 Å². The fourth-order valence-electron chi connectivity index (χ4n) is 4.85. The Labute approximate surface area is 232 Å². The number of hydrogen-bond donors (Lipinski definition) is 0. The molecule has 1 saturated heterocycles. The van der Waals surface area contributed by atoms with Crippen LogP contribution >= 0.6 is 0 Å². The molecule has 4 rings (SSSR count). The molecule has 4 nitrogen and oxygen atoms in total. The highest BCUT2D eigenvalue weighted by molar-refractivity contribution is 5.97. The number of aromatic nitrogens is 1. The van der Waals surface area contributed by atoms with E-state index in [0.29, 0.717) is 6.54 Å². The van der Waals surface area contributed by atoms with Gasteiger partial charge in [0.2, 0.25) is 6.41 Å². The highest BCUT2D eigenvalue weighted by atomic mass is 16.1. The van der Waals surface area contributed by atoms with Crippen LogP contribution in [-0.2, 0) is 11.5 Å². The summed E-state index contributed by atoms with van der Waals surface area (Å²) in [6, 6.07) is 16.8. The van der Waals surface area contributed by atoms with Crippen molar-refractivity contribution in [2.75, 3.05) is 24.5 Å². The minimum Gasteiger partial charge on any atom is -0.333 e. The van der Waals surface area contributed by atoms with Crippen LogP contribution in [0.5, 0.6) is 0 Å². The van der Waals surface area contributed by atoms with E-state index in [4.69, 9.17) is 0 Å². The Hall–Kier alpha value is -2.85. The molecule has 1 aliphatic rings. The van der Waals surface area contributed by atoms with Crippen LogP contribution in [0, 0.1) is 0 Å². The summed E-state index contributed by atoms with van der Waals surface area (Å²) in [6.45, 7) is 16.8. The summed E-state index contributed by atoms with van der Waals surface area (Å²) in [5, 5.41) is 1.27. The largest absolute Gasteiger partial charge is 0.333 e. The van der Waals surface area contributed by atoms with Crippen molar-refractivity contribution in [2.45, 2.75) is 93.2 Å². The van der Waals surface area contributed by atoms with Gasteiger partial charge >= 0.3 is 0 Å². The molecule has 0 atom stereocenters. The minimum absolute atomic E-state index is 0.656. The van der Waals surface area contributed by atoms with Gasteiger partial charge in [0.1, 0.15) is 0 Å². The lowest BCUT2D eigenvalue weighted by atomic mass is 10.0. The summed E-state index contributed by atoms with van der Waals surface area (Å²) in [5.74, 6) is 0. The number of carbonyl (C=O) groups excluding carboxylic acids is 1. The molecule has 0 spiro atoms. The first kappa shape index (κ1) is 31.4. The predicted molar refractivity (Wildman–Crippen MR) is 168 cm³/mol. The molecule has 1 amide bonds. The van der Waals surface area contributed by atoms with Crippen molar-refractivity contribution in [2.24, 2.45) is 0 Å². The van der Waals surface area contributed by atoms with Crippen LogP contribution in [-0.4, -0.2) is 35.5 Å². The molecule has 1 aliphatic heterocycles. The van der Waals surface area contributed by atoms with E-state index in [1.165, 1.54) is 74.5 Å². The number of rotatable bonds is 9. The summed E-state index contributed by atoms with van der Waals surface area (Å²) < 4.78 is 2.38. The van der Waals surface area contributed by atoms with Gasteiger partial charge in [-0.25, -0.2) is 0 Å². The van der Waals surface area contributed by atoms with Crippen LogP contribution in [0.4, 0.5) is 5.69 Å². The fourth-order valence-corrected chi connectivity index (χ4v) is 4.85. The number of hydrogen-bond acceptors (Lipinski definition) is 2. The van der Waals surface area contributed by atoms with Crippen molar-refractivity contribution >= 4 is 34.6 Å². The third kappa shape index (κ3) is 9.16. The minimum atomic E-state index is 0.656. The predicted octanol–water partition coefficient (Wildman–Crippen LogP) is 9.24. The monoisotopic (exact) mass is 517 g/mol. The molecule has 2 aromatic carbocycles. The van der Waals surface area contributed by atoms with Crippen LogP contribution < -0.4 is 4.90 Å². The molecule has 0 bridgehead atoms. The average molecular weight is 518 g/mol. The van der Waals surface area contributed by atoms with E-state index in [1.54, 1.807) is 4.90 Å². The Balaban J connectivity index is 0.000000559. The van der Waals surface area contributed by atoms with Gasteiger partial charge in [0.25, 0.3) is 0 Å². The molecule has 0 unspecified atom stereocenters. The van der Waals surface area contributed by atoms with E-state index in [2.05, 4.69) is 86.7 Å². The molecule has 4 heteroatoms. The number of unbranched alkanes of at least 4 members (excludes halogenated alkanes) is 2. The van der Waals surface area contributed by atoms with E-state index in [9.17, 15) is 4.79 Å². The summed E-state index contributed by atoms with van der Waals surface area (Å²) >= 11 is 0. The number of anilines is 1. The van der Waals surface area contributed by atoms with Crippen LogP contribution in [0.25, 0.3) is 22.6 Å². The van der Waals surface area contributed by atoms with Gasteiger partial charge in [0, 0.05) is 34.8 Å². The molecule has 38 heavy (non-hydrogen) atoms. The lowest BCUT2D eigenvalue weighted by Gasteiger charge is -2.27. The third-order valence-electron chi connectivity index (χ3n) is 6.81. The van der Waals surface area contributed by atoms with Crippen molar-refractivity contribution in [3.8, 4) is 0 Å². The van der Waals surface area contributed by atoms with Gasteiger partial charge in [0.05, 0.1) is 12.4 Å². The maximum Gasteiger partial charge on any atom is 0.214 e. The summed E-state index contributed by atoms with van der Waals surface area (Å²) in [7, 11) is 0. The molecule has 3 aromatic rings. The van der Waals surface area contributed by atoms with Gasteiger partial charge in [-0.3, -0.25) is 9.69 Å². The molecule has 1 fully saturated rings. The first-order chi connectivity index (χ1) is 18.5. The number of amides is 1. The van der Waals surface area contributed by atoms with Gasteiger partial charge in [0.15, 0.2) is 0 Å². The number of fused-ring (bicyclic) bond motifs is 1. The standard InChI is InChI=1S/C26H31N3O.C5H12.C3H8/c1-3-28(20-30)25-13-7-5-11-23(25)21(2)17-22-18-29(19-27-15-9-4-10-16-27)26-14-8-6-12-24(22)26;1-3-5-4-2;1-3-2/h5-8,11-14,17-18,20H,3-4,9-10,15-16,19H2,1-2H3;3-5H2,1-2H3;3H2,1-2H3/b21-17+;;. The van der Waals surface area contributed by atoms with E-state index in [-0.39, 0.29) is 0 Å². The fraction of sp³-hybridized carbons (Fsp3) is 0.500. The number of likely N-dealkylation sites (tertiary alicyclic amines) is 1. The molecular weight excluding hydrogens is 466 g/mol. The van der Waals surface area contributed by atoms with Crippen LogP contribution in [0.2, 0.25) is 0 Å². The van der Waals surface area contributed by atoms with E-state index >= 15 is 0 Å². The number of benzene rings is 2. The van der Waals surface area contributed by atoms with E-state index in [1.807, 2.05) is 25.1 Å². The van der Waals surface area contributed by atoms with E-state index in [0.717, 1.165) is 29.9 Å². The second kappa shape index (κ2) is 17.6. The Kier molecular flexibility index (Phi) is 14.5. The third-order valence-corrected chi connectivity index (χ3v) is 6.81. The van der Waals surface area contributed by atoms with E-state index < -0.39 is 0 Å². The SMILES string of the molecule is CCC.CCCCC.CCN(C=O)c1ccccc1/C(C)=C/c1cn(CN2CCCCC2)c2ccccc12. The lowest BCUT2D eigenvalue weighted by Crippen LogP contribution is -2.31. The number of para-hydroxylation sites is 2. The second-order valence-electron chi connectivity index (χ2n) is 10.2. The van der Waals surface area contributed by atoms with Gasteiger partial charge in [-0.15, -0.1) is 0 Å². The number of piperidine rings is 1. The van der Waals surface area contributed by atoms with Crippen molar-refractivity contribution in [3.05, 3.63) is 65.9 Å². The number of nitrogens with zero attached hydrogens (tertiary/aromatic N) is 3. The van der Waals surface area contributed by atoms with Gasteiger partial charge in [-0.05, 0) is 63.6 Å². The highest BCUT2D eigenvalue weighted by Crippen LogP contribution is 2.31. The Morgan fingerprint density at radius 2 is 1.53 bits per heavy atom. The Morgan fingerprint density at radius 1 is 0.895 bits per heavy atom. The van der Waals surface area contributed by atoms with Crippen LogP contribution in [0.1, 0.15) is 97.6 Å². The lowest BCUT2D eigenvalue weighted by molar-refractivity contribution is -0.107. The zero-order valence-electron chi connectivity index (χ0n) is 24.9. The summed E-state index contributed by atoms with van der Waals surface area (Å²) in [5.41, 5.74) is 5.72. The molecule has 0 saturated carbocycles. The van der Waals surface area contributed by atoms with Crippen molar-refractivity contribution in [3.63, 3.8) is 0 Å². The normalized spacial score (nSPS) is 13.8. The zero-order chi connectivity index (χ0) is 27.8. The topological polar surface area (TPSA) is 28.5 Å². The summed E-state index contributed by atoms with van der Waals surface area (Å²) in [6.07, 6.45) is 14.7. The second-order valence-corrected chi connectivity index (χ2v) is 10.2. The van der Waals surface area contributed by atoms with Crippen molar-refractivity contribution in [1.82, 2.24) is 9.47 Å². The highest BCUT2D eigenvalue weighted by Gasteiger charge is 2.14. The molecule has 2 heterocycles. The number of carbonyl (C=O) groups is 1. The zero-order valence-corrected chi connectivity index (χ0v) is 24.9. The smallest absolute Gasteiger partial charge is 0.214 e. The molecule has 1 aromatic heterocycles. The van der Waals surface area contributed by atoms with Gasteiger partial charge in [-0.1, -0.05) is 96.2 Å².